The molecule has 150 valence electrons. The summed E-state index contributed by atoms with van der Waals surface area (Å²) in [6.45, 7) is 4.41. The Balaban J connectivity index is 1.63. The van der Waals surface area contributed by atoms with Crippen LogP contribution in [0.4, 0.5) is 9.93 Å². The van der Waals surface area contributed by atoms with Gasteiger partial charge in [-0.25, -0.2) is 4.79 Å². The Morgan fingerprint density at radius 3 is 2.83 bits per heavy atom. The molecule has 0 bridgehead atoms. The van der Waals surface area contributed by atoms with E-state index in [0.29, 0.717) is 38.8 Å². The van der Waals surface area contributed by atoms with Crippen LogP contribution in [0.5, 0.6) is 0 Å². The number of aromatic nitrogens is 6. The van der Waals surface area contributed by atoms with Crippen molar-refractivity contribution in [2.24, 2.45) is 0 Å². The number of nitrogens with zero attached hydrogens (tertiary/aromatic N) is 6. The van der Waals surface area contributed by atoms with Crippen molar-refractivity contribution in [1.29, 1.82) is 0 Å². The second-order valence-corrected chi connectivity index (χ2v) is 8.03. The number of carbonyl (C=O) groups excluding carboxylic acids is 1. The minimum atomic E-state index is -0.562. The van der Waals surface area contributed by atoms with E-state index in [1.165, 1.54) is 23.1 Å². The molecule has 4 rings (SSSR count). The van der Waals surface area contributed by atoms with Gasteiger partial charge in [0, 0.05) is 6.54 Å². The van der Waals surface area contributed by atoms with Crippen LogP contribution >= 0.6 is 23.1 Å². The average Bonchev–Trinajstić information content (AvgIpc) is 3.34. The fraction of sp³-hybridized carbons (Fsp3) is 0.294. The lowest BCUT2D eigenvalue weighted by Crippen LogP contribution is -2.22. The van der Waals surface area contributed by atoms with Crippen molar-refractivity contribution in [1.82, 2.24) is 29.4 Å². The van der Waals surface area contributed by atoms with Gasteiger partial charge in [-0.05, 0) is 26.0 Å². The number of hydrogen-bond acceptors (Lipinski definition) is 9. The van der Waals surface area contributed by atoms with E-state index in [0.717, 1.165) is 5.52 Å². The van der Waals surface area contributed by atoms with Crippen LogP contribution in [-0.2, 0) is 17.0 Å². The lowest BCUT2D eigenvalue weighted by atomic mass is 10.2. The number of amides is 1. The van der Waals surface area contributed by atoms with Crippen molar-refractivity contribution < 1.29 is 9.53 Å². The molecule has 1 N–H and O–H groups in total. The first-order chi connectivity index (χ1) is 14.1. The van der Waals surface area contributed by atoms with Gasteiger partial charge in [-0.1, -0.05) is 35.2 Å². The van der Waals surface area contributed by atoms with Crippen LogP contribution in [0.3, 0.4) is 0 Å². The maximum absolute atomic E-state index is 12.7. The molecule has 0 unspecified atom stereocenters. The zero-order chi connectivity index (χ0) is 20.4. The fourth-order valence-corrected chi connectivity index (χ4v) is 4.54. The second-order valence-electron chi connectivity index (χ2n) is 5.83. The molecule has 4 aromatic rings. The number of para-hydroxylation sites is 1. The SMILES string of the molecule is CCOC(=O)Nc1nnc(SCc2nnc3n(CC)c(=O)c4ccccc4n23)s1. The number of ether oxygens (including phenoxy) is 1. The van der Waals surface area contributed by atoms with E-state index in [1.807, 2.05) is 29.5 Å². The van der Waals surface area contributed by atoms with E-state index in [1.54, 1.807) is 17.6 Å². The topological polar surface area (TPSA) is 116 Å². The number of hydrogen-bond donors (Lipinski definition) is 1. The summed E-state index contributed by atoms with van der Waals surface area (Å²) in [4.78, 5) is 24.2. The number of fused-ring (bicyclic) bond motifs is 3. The highest BCUT2D eigenvalue weighted by molar-refractivity contribution is 8.00. The molecule has 12 heteroatoms. The van der Waals surface area contributed by atoms with Gasteiger partial charge in [0.1, 0.15) is 5.82 Å². The van der Waals surface area contributed by atoms with Crippen LogP contribution in [0.15, 0.2) is 33.4 Å². The highest BCUT2D eigenvalue weighted by Crippen LogP contribution is 2.28. The van der Waals surface area contributed by atoms with Gasteiger partial charge in [0.15, 0.2) is 4.34 Å². The highest BCUT2D eigenvalue weighted by atomic mass is 32.2. The minimum absolute atomic E-state index is 0.0824. The molecule has 0 fully saturated rings. The Kier molecular flexibility index (Phi) is 5.45. The third-order valence-electron chi connectivity index (χ3n) is 4.11. The van der Waals surface area contributed by atoms with E-state index in [4.69, 9.17) is 4.74 Å². The third kappa shape index (κ3) is 3.68. The van der Waals surface area contributed by atoms with Gasteiger partial charge < -0.3 is 4.74 Å². The van der Waals surface area contributed by atoms with Crippen molar-refractivity contribution >= 4 is 51.0 Å². The van der Waals surface area contributed by atoms with Gasteiger partial charge in [-0.3, -0.25) is 19.1 Å². The molecule has 0 saturated carbocycles. The Morgan fingerprint density at radius 1 is 1.21 bits per heavy atom. The number of rotatable bonds is 6. The predicted molar refractivity (Wildman–Crippen MR) is 111 cm³/mol. The fourth-order valence-electron chi connectivity index (χ4n) is 2.89. The molecule has 29 heavy (non-hydrogen) atoms. The number of nitrogens with one attached hydrogen (secondary N) is 1. The van der Waals surface area contributed by atoms with E-state index in [2.05, 4.69) is 25.7 Å². The number of anilines is 1. The zero-order valence-corrected chi connectivity index (χ0v) is 17.3. The van der Waals surface area contributed by atoms with Gasteiger partial charge in [0.05, 0.1) is 23.3 Å². The summed E-state index contributed by atoms with van der Waals surface area (Å²) in [7, 11) is 0. The number of thioether (sulfide) groups is 1. The summed E-state index contributed by atoms with van der Waals surface area (Å²) < 4.78 is 9.00. The normalized spacial score (nSPS) is 11.2. The van der Waals surface area contributed by atoms with Gasteiger partial charge in [0.25, 0.3) is 5.56 Å². The van der Waals surface area contributed by atoms with E-state index >= 15 is 0 Å². The van der Waals surface area contributed by atoms with Gasteiger partial charge in [-0.15, -0.1) is 20.4 Å². The summed E-state index contributed by atoms with van der Waals surface area (Å²) in [5.74, 6) is 1.67. The van der Waals surface area contributed by atoms with Crippen LogP contribution in [0.1, 0.15) is 19.7 Å². The average molecular weight is 432 g/mol. The zero-order valence-electron chi connectivity index (χ0n) is 15.7. The molecule has 3 aromatic heterocycles. The third-order valence-corrected chi connectivity index (χ3v) is 6.07. The number of benzene rings is 1. The van der Waals surface area contributed by atoms with Crippen molar-refractivity contribution in [2.45, 2.75) is 30.5 Å². The van der Waals surface area contributed by atoms with E-state index in [9.17, 15) is 9.59 Å². The van der Waals surface area contributed by atoms with E-state index in [-0.39, 0.29) is 12.2 Å². The molecule has 0 aliphatic rings. The van der Waals surface area contributed by atoms with Crippen LogP contribution in [0, 0.1) is 0 Å². The minimum Gasteiger partial charge on any atom is -0.450 e. The molecule has 1 amide bonds. The van der Waals surface area contributed by atoms with Crippen LogP contribution in [0.2, 0.25) is 0 Å². The maximum atomic E-state index is 12.7. The van der Waals surface area contributed by atoms with Crippen molar-refractivity contribution in [2.75, 3.05) is 11.9 Å². The molecule has 0 aliphatic heterocycles. The molecule has 0 aliphatic carbocycles. The predicted octanol–water partition coefficient (Wildman–Crippen LogP) is 2.78. The Bertz CT molecular complexity index is 1250. The van der Waals surface area contributed by atoms with Crippen molar-refractivity contribution in [3.8, 4) is 0 Å². The Hall–Kier alpha value is -2.99. The molecule has 3 heterocycles. The standard InChI is InChI=1S/C17H17N7O3S2/c1-3-23-13(25)10-7-5-6-8-11(10)24-12(19-21-15(23)24)9-28-17-22-20-14(29-17)18-16(26)27-4-2/h5-8H,3-4,9H2,1-2H3,(H,18,20,26). The summed E-state index contributed by atoms with van der Waals surface area (Å²) in [6.07, 6.45) is -0.562. The van der Waals surface area contributed by atoms with Gasteiger partial charge in [-0.2, -0.15) is 0 Å². The lowest BCUT2D eigenvalue weighted by Gasteiger charge is -2.09. The first kappa shape index (κ1) is 19.3. The molecule has 10 nitrogen and oxygen atoms in total. The van der Waals surface area contributed by atoms with Crippen LogP contribution in [-0.4, -0.2) is 42.1 Å². The van der Waals surface area contributed by atoms with Crippen molar-refractivity contribution in [3.63, 3.8) is 0 Å². The van der Waals surface area contributed by atoms with Crippen LogP contribution < -0.4 is 10.9 Å². The molecule has 0 radical (unpaired) electrons. The molecule has 0 spiro atoms. The lowest BCUT2D eigenvalue weighted by molar-refractivity contribution is 0.168. The first-order valence-electron chi connectivity index (χ1n) is 8.88. The monoisotopic (exact) mass is 431 g/mol. The molecular formula is C17H17N7O3S2. The molecule has 0 atom stereocenters. The van der Waals surface area contributed by atoms with Gasteiger partial charge >= 0.3 is 6.09 Å². The number of carbonyl (C=O) groups is 1. The molecular weight excluding hydrogens is 414 g/mol. The Labute approximate surface area is 172 Å². The summed E-state index contributed by atoms with van der Waals surface area (Å²) in [5, 5.41) is 20.0. The molecule has 1 aromatic carbocycles. The number of aryl methyl sites for hydroxylation is 1. The van der Waals surface area contributed by atoms with Gasteiger partial charge in [0.2, 0.25) is 10.9 Å². The second kappa shape index (κ2) is 8.17. The molecule has 0 saturated heterocycles. The van der Waals surface area contributed by atoms with Crippen molar-refractivity contribution in [3.05, 3.63) is 40.4 Å². The smallest absolute Gasteiger partial charge is 0.413 e. The maximum Gasteiger partial charge on any atom is 0.413 e. The largest absolute Gasteiger partial charge is 0.450 e. The van der Waals surface area contributed by atoms with E-state index < -0.39 is 6.09 Å². The Morgan fingerprint density at radius 2 is 2.03 bits per heavy atom. The summed E-state index contributed by atoms with van der Waals surface area (Å²) in [5.41, 5.74) is 0.681. The summed E-state index contributed by atoms with van der Waals surface area (Å²) in [6, 6.07) is 7.41. The summed E-state index contributed by atoms with van der Waals surface area (Å²) >= 11 is 2.67. The first-order valence-corrected chi connectivity index (χ1v) is 10.7. The quantitative estimate of drug-likeness (QED) is 0.366. The van der Waals surface area contributed by atoms with Crippen LogP contribution in [0.25, 0.3) is 16.7 Å². The highest BCUT2D eigenvalue weighted by Gasteiger charge is 2.16.